The molecule has 152 valence electrons. The van der Waals surface area contributed by atoms with Crippen molar-refractivity contribution in [3.8, 4) is 11.5 Å². The lowest BCUT2D eigenvalue weighted by atomic mass is 9.60. The molecule has 1 aromatic carbocycles. The number of rotatable bonds is 5. The first kappa shape index (κ1) is 21.5. The highest BCUT2D eigenvalue weighted by atomic mass is 19.1. The second-order valence-electron chi connectivity index (χ2n) is 9.06. The largest absolute Gasteiger partial charge is 0.490 e. The monoisotopic (exact) mass is 380 g/mol. The first-order valence-electron chi connectivity index (χ1n) is 9.72. The van der Waals surface area contributed by atoms with Crippen LogP contribution in [0.4, 0.5) is 4.39 Å². The van der Waals surface area contributed by atoms with E-state index in [0.29, 0.717) is 0 Å². The molecular formula is C22H33FO4. The Morgan fingerprint density at radius 3 is 2.26 bits per heavy atom. The molecule has 0 unspecified atom stereocenters. The molecule has 0 aromatic heterocycles. The van der Waals surface area contributed by atoms with Gasteiger partial charge in [-0.25, -0.2) is 9.18 Å². The normalized spacial score (nSPS) is 23.2. The van der Waals surface area contributed by atoms with Gasteiger partial charge in [-0.2, -0.15) is 0 Å². The minimum Gasteiger partial charge on any atom is -0.490 e. The van der Waals surface area contributed by atoms with Crippen LogP contribution in [0.15, 0.2) is 12.1 Å². The Morgan fingerprint density at radius 2 is 1.78 bits per heavy atom. The molecule has 0 atom stereocenters. The Kier molecular flexibility index (Phi) is 6.43. The molecule has 0 spiro atoms. The third kappa shape index (κ3) is 4.94. The van der Waals surface area contributed by atoms with Gasteiger partial charge in [0.15, 0.2) is 11.6 Å². The fourth-order valence-corrected chi connectivity index (χ4v) is 3.52. The van der Waals surface area contributed by atoms with Crippen LogP contribution in [0.2, 0.25) is 0 Å². The molecule has 1 aliphatic rings. The zero-order valence-electron chi connectivity index (χ0n) is 17.6. The Morgan fingerprint density at radius 1 is 1.19 bits per heavy atom. The molecule has 4 nitrogen and oxygen atoms in total. The Balaban J connectivity index is 2.19. The number of halogens is 1. The van der Waals surface area contributed by atoms with Gasteiger partial charge in [-0.3, -0.25) is 0 Å². The minimum atomic E-state index is -0.570. The molecule has 1 saturated carbocycles. The number of carbonyl (C=O) groups excluding carboxylic acids is 1. The molecule has 0 saturated heterocycles. The maximum absolute atomic E-state index is 14.6. The van der Waals surface area contributed by atoms with Crippen molar-refractivity contribution >= 4 is 5.97 Å². The summed E-state index contributed by atoms with van der Waals surface area (Å²) < 4.78 is 30.9. The van der Waals surface area contributed by atoms with E-state index < -0.39 is 11.8 Å². The number of benzene rings is 1. The zero-order valence-corrected chi connectivity index (χ0v) is 17.6. The van der Waals surface area contributed by atoms with Crippen LogP contribution >= 0.6 is 0 Å². The summed E-state index contributed by atoms with van der Waals surface area (Å²) in [5.41, 5.74) is 0.646. The Bertz CT molecular complexity index is 668. The van der Waals surface area contributed by atoms with Gasteiger partial charge < -0.3 is 14.2 Å². The van der Waals surface area contributed by atoms with Crippen LogP contribution in [0.3, 0.4) is 0 Å². The van der Waals surface area contributed by atoms with Crippen LogP contribution in [0.5, 0.6) is 11.5 Å². The third-order valence-corrected chi connectivity index (χ3v) is 5.94. The van der Waals surface area contributed by atoms with E-state index in [1.165, 1.54) is 19.2 Å². The third-order valence-electron chi connectivity index (χ3n) is 5.94. The van der Waals surface area contributed by atoms with Gasteiger partial charge in [0.05, 0.1) is 19.3 Å². The van der Waals surface area contributed by atoms with Crippen molar-refractivity contribution in [2.24, 2.45) is 10.8 Å². The fourth-order valence-electron chi connectivity index (χ4n) is 3.52. The van der Waals surface area contributed by atoms with E-state index in [4.69, 9.17) is 14.2 Å². The highest BCUT2D eigenvalue weighted by molar-refractivity contribution is 5.93. The second kappa shape index (κ2) is 8.07. The van der Waals surface area contributed by atoms with E-state index >= 15 is 0 Å². The van der Waals surface area contributed by atoms with Gasteiger partial charge in [0.1, 0.15) is 11.3 Å². The summed E-state index contributed by atoms with van der Waals surface area (Å²) in [6, 6.07) is 2.61. The zero-order chi connectivity index (χ0) is 20.4. The first-order valence-corrected chi connectivity index (χ1v) is 9.72. The number of esters is 1. The highest BCUT2D eigenvalue weighted by Gasteiger charge is 2.41. The maximum atomic E-state index is 14.6. The van der Waals surface area contributed by atoms with E-state index in [-0.39, 0.29) is 40.1 Å². The van der Waals surface area contributed by atoms with Crippen LogP contribution in [0, 0.1) is 16.6 Å². The van der Waals surface area contributed by atoms with Crippen molar-refractivity contribution in [2.75, 3.05) is 7.11 Å². The molecule has 0 N–H and O–H groups in total. The minimum absolute atomic E-state index is 0.0581. The number of hydrogen-bond acceptors (Lipinski definition) is 4. The summed E-state index contributed by atoms with van der Waals surface area (Å²) in [7, 11) is 1.29. The van der Waals surface area contributed by atoms with E-state index in [9.17, 15) is 9.18 Å². The maximum Gasteiger partial charge on any atom is 0.341 e. The van der Waals surface area contributed by atoms with Gasteiger partial charge in [-0.05, 0) is 50.4 Å². The quantitative estimate of drug-likeness (QED) is 0.608. The average molecular weight is 381 g/mol. The Labute approximate surface area is 162 Å². The van der Waals surface area contributed by atoms with E-state index in [1.54, 1.807) is 0 Å². The van der Waals surface area contributed by atoms with E-state index in [0.717, 1.165) is 25.7 Å². The van der Waals surface area contributed by atoms with Crippen molar-refractivity contribution in [1.29, 1.82) is 0 Å². The van der Waals surface area contributed by atoms with Gasteiger partial charge >= 0.3 is 5.97 Å². The molecule has 0 aliphatic heterocycles. The SMILES string of the molecule is COC(=O)c1cc(O[C@H]2CC[C@@](C)(C(C)(C)C)CC2)c(F)cc1OC(C)C. The Hall–Kier alpha value is -1.78. The number of carbonyl (C=O) groups is 1. The molecular weight excluding hydrogens is 347 g/mol. The molecule has 0 amide bonds. The summed E-state index contributed by atoms with van der Waals surface area (Å²) in [5.74, 6) is -0.844. The van der Waals surface area contributed by atoms with Gasteiger partial charge in [-0.15, -0.1) is 0 Å². The summed E-state index contributed by atoms with van der Waals surface area (Å²) in [5, 5.41) is 0. The fraction of sp³-hybridized carbons (Fsp3) is 0.682. The topological polar surface area (TPSA) is 44.8 Å². The predicted molar refractivity (Wildman–Crippen MR) is 104 cm³/mol. The predicted octanol–water partition coefficient (Wildman–Crippen LogP) is 5.77. The molecule has 1 fully saturated rings. The van der Waals surface area contributed by atoms with Crippen molar-refractivity contribution in [3.63, 3.8) is 0 Å². The van der Waals surface area contributed by atoms with Crippen molar-refractivity contribution in [3.05, 3.63) is 23.5 Å². The molecule has 1 aromatic rings. The summed E-state index contributed by atoms with van der Waals surface area (Å²) in [6.45, 7) is 12.8. The first-order chi connectivity index (χ1) is 12.5. The van der Waals surface area contributed by atoms with Crippen LogP contribution in [-0.2, 0) is 4.74 Å². The van der Waals surface area contributed by atoms with E-state index in [2.05, 4.69) is 27.7 Å². The lowest BCUT2D eigenvalue weighted by Crippen LogP contribution is -2.39. The summed E-state index contributed by atoms with van der Waals surface area (Å²) >= 11 is 0. The standard InChI is InChI=1S/C22H33FO4/c1-14(2)26-18-13-17(23)19(12-16(18)20(24)25-7)27-15-8-10-22(6,11-9-15)21(3,4)5/h12-15H,8-11H2,1-7H3/t15-,22+. The van der Waals surface area contributed by atoms with Crippen LogP contribution < -0.4 is 9.47 Å². The lowest BCUT2D eigenvalue weighted by molar-refractivity contribution is 0.0129. The van der Waals surface area contributed by atoms with Gasteiger partial charge in [-0.1, -0.05) is 27.7 Å². The molecule has 5 heteroatoms. The lowest BCUT2D eigenvalue weighted by Gasteiger charge is -2.46. The number of hydrogen-bond donors (Lipinski definition) is 0. The van der Waals surface area contributed by atoms with E-state index in [1.807, 2.05) is 13.8 Å². The molecule has 1 aliphatic carbocycles. The van der Waals surface area contributed by atoms with Crippen LogP contribution in [-0.4, -0.2) is 25.3 Å². The average Bonchev–Trinajstić information content (AvgIpc) is 2.57. The van der Waals surface area contributed by atoms with Crippen LogP contribution in [0.25, 0.3) is 0 Å². The van der Waals surface area contributed by atoms with Gasteiger partial charge in [0, 0.05) is 12.1 Å². The smallest absolute Gasteiger partial charge is 0.341 e. The van der Waals surface area contributed by atoms with Crippen LogP contribution in [0.1, 0.15) is 77.6 Å². The molecule has 0 bridgehead atoms. The number of ether oxygens (including phenoxy) is 3. The van der Waals surface area contributed by atoms with Gasteiger partial charge in [0.25, 0.3) is 0 Å². The van der Waals surface area contributed by atoms with Gasteiger partial charge in [0.2, 0.25) is 0 Å². The number of methoxy groups -OCH3 is 1. The molecule has 0 radical (unpaired) electrons. The van der Waals surface area contributed by atoms with Crippen molar-refractivity contribution in [2.45, 2.75) is 79.4 Å². The molecule has 2 rings (SSSR count). The second-order valence-corrected chi connectivity index (χ2v) is 9.06. The molecule has 27 heavy (non-hydrogen) atoms. The summed E-state index contributed by atoms with van der Waals surface area (Å²) in [6.07, 6.45) is 3.54. The molecule has 0 heterocycles. The van der Waals surface area contributed by atoms with Crippen molar-refractivity contribution in [1.82, 2.24) is 0 Å². The summed E-state index contributed by atoms with van der Waals surface area (Å²) in [4.78, 5) is 12.1. The highest BCUT2D eigenvalue weighted by Crippen LogP contribution is 2.49. The van der Waals surface area contributed by atoms with Crippen molar-refractivity contribution < 1.29 is 23.4 Å².